The van der Waals surface area contributed by atoms with Crippen molar-refractivity contribution in [3.63, 3.8) is 0 Å². The maximum absolute atomic E-state index is 10.8. The van der Waals surface area contributed by atoms with Gasteiger partial charge in [-0.15, -0.1) is 0 Å². The van der Waals surface area contributed by atoms with Crippen LogP contribution in [0.1, 0.15) is 15.9 Å². The van der Waals surface area contributed by atoms with Crippen LogP contribution in [-0.4, -0.2) is 28.4 Å². The summed E-state index contributed by atoms with van der Waals surface area (Å²) in [6.07, 6.45) is 0. The molecule has 2 aromatic rings. The van der Waals surface area contributed by atoms with Crippen LogP contribution in [0.5, 0.6) is 0 Å². The van der Waals surface area contributed by atoms with Gasteiger partial charge in [-0.05, 0) is 35.4 Å². The molecule has 0 saturated carbocycles. The highest BCUT2D eigenvalue weighted by Crippen LogP contribution is 2.20. The Bertz CT molecular complexity index is 506. The molecule has 0 unspecified atom stereocenters. The highest BCUT2D eigenvalue weighted by molar-refractivity contribution is 5.95. The molecule has 3 heteroatoms. The van der Waals surface area contributed by atoms with E-state index in [0.717, 1.165) is 16.3 Å². The Hall–Kier alpha value is -1.30. The van der Waals surface area contributed by atoms with Crippen LogP contribution >= 0.6 is 0 Å². The zero-order valence-corrected chi connectivity index (χ0v) is 9.55. The van der Waals surface area contributed by atoms with E-state index in [2.05, 4.69) is 0 Å². The average molecular weight is 213 g/mol. The van der Waals surface area contributed by atoms with E-state index >= 15 is 0 Å². The quantitative estimate of drug-likeness (QED) is 0.739. The Labute approximate surface area is 98.7 Å². The van der Waals surface area contributed by atoms with Crippen LogP contribution < -0.4 is 0 Å². The van der Waals surface area contributed by atoms with E-state index in [-0.39, 0.29) is 17.4 Å². The smallest absolute Gasteiger partial charge is 0.335 e. The summed E-state index contributed by atoms with van der Waals surface area (Å²) in [5, 5.41) is 11.0. The SMILES string of the molecule is Cc1cc(C(=O)O)cc2ccccc12.[Al]. The van der Waals surface area contributed by atoms with Crippen molar-refractivity contribution in [2.45, 2.75) is 6.92 Å². The molecule has 15 heavy (non-hydrogen) atoms. The lowest BCUT2D eigenvalue weighted by atomic mass is 10.0. The third-order valence-electron chi connectivity index (χ3n) is 2.32. The molecule has 0 fully saturated rings. The molecule has 0 spiro atoms. The molecule has 0 aliphatic carbocycles. The predicted molar refractivity (Wildman–Crippen MR) is 61.4 cm³/mol. The summed E-state index contributed by atoms with van der Waals surface area (Å²) in [5.74, 6) is -0.876. The first kappa shape index (κ1) is 11.8. The highest BCUT2D eigenvalue weighted by Gasteiger charge is 2.05. The second-order valence-electron chi connectivity index (χ2n) is 3.32. The minimum absolute atomic E-state index is 0. The minimum Gasteiger partial charge on any atom is -0.478 e. The summed E-state index contributed by atoms with van der Waals surface area (Å²) >= 11 is 0. The zero-order chi connectivity index (χ0) is 10.1. The molecular weight excluding hydrogens is 203 g/mol. The first-order valence-electron chi connectivity index (χ1n) is 4.41. The fourth-order valence-corrected chi connectivity index (χ4v) is 1.63. The van der Waals surface area contributed by atoms with Crippen LogP contribution in [0, 0.1) is 6.92 Å². The molecule has 0 heterocycles. The molecular formula is C12H10AlO2. The summed E-state index contributed by atoms with van der Waals surface area (Å²) in [5.41, 5.74) is 1.35. The first-order chi connectivity index (χ1) is 6.68. The summed E-state index contributed by atoms with van der Waals surface area (Å²) in [6.45, 7) is 1.93. The van der Waals surface area contributed by atoms with Crippen LogP contribution in [-0.2, 0) is 0 Å². The van der Waals surface area contributed by atoms with Crippen molar-refractivity contribution in [3.8, 4) is 0 Å². The standard InChI is InChI=1S/C12H10O2.Al/c1-8-6-10(12(13)14)7-9-4-2-3-5-11(8)9;/h2-7H,1H3,(H,13,14);. The predicted octanol–water partition coefficient (Wildman–Crippen LogP) is 2.47. The summed E-state index contributed by atoms with van der Waals surface area (Å²) in [6, 6.07) is 11.2. The van der Waals surface area contributed by atoms with E-state index < -0.39 is 5.97 Å². The van der Waals surface area contributed by atoms with Crippen molar-refractivity contribution in [2.75, 3.05) is 0 Å². The van der Waals surface area contributed by atoms with E-state index in [4.69, 9.17) is 5.11 Å². The van der Waals surface area contributed by atoms with Gasteiger partial charge in [-0.3, -0.25) is 0 Å². The number of fused-ring (bicyclic) bond motifs is 1. The minimum atomic E-state index is -0.876. The molecule has 1 N–H and O–H groups in total. The zero-order valence-electron chi connectivity index (χ0n) is 8.40. The Morgan fingerprint density at radius 3 is 2.53 bits per heavy atom. The van der Waals surface area contributed by atoms with Gasteiger partial charge in [0.1, 0.15) is 0 Å². The first-order valence-corrected chi connectivity index (χ1v) is 4.41. The Morgan fingerprint density at radius 2 is 1.87 bits per heavy atom. The van der Waals surface area contributed by atoms with Crippen molar-refractivity contribution >= 4 is 34.1 Å². The lowest BCUT2D eigenvalue weighted by Crippen LogP contribution is -1.96. The molecule has 2 rings (SSSR count). The number of carbonyl (C=O) groups is 1. The van der Waals surface area contributed by atoms with E-state index in [1.165, 1.54) is 0 Å². The monoisotopic (exact) mass is 213 g/mol. The van der Waals surface area contributed by atoms with Crippen LogP contribution in [0.15, 0.2) is 36.4 Å². The van der Waals surface area contributed by atoms with E-state index in [0.29, 0.717) is 5.56 Å². The molecule has 0 aliphatic rings. The molecule has 3 radical (unpaired) electrons. The van der Waals surface area contributed by atoms with Crippen molar-refractivity contribution in [3.05, 3.63) is 47.5 Å². The van der Waals surface area contributed by atoms with Gasteiger partial charge in [-0.1, -0.05) is 24.3 Å². The number of carboxylic acids is 1. The molecule has 73 valence electrons. The second kappa shape index (κ2) is 4.48. The summed E-state index contributed by atoms with van der Waals surface area (Å²) in [7, 11) is 0. The number of benzene rings is 2. The number of aromatic carboxylic acids is 1. The Morgan fingerprint density at radius 1 is 1.20 bits per heavy atom. The van der Waals surface area contributed by atoms with Gasteiger partial charge in [0.15, 0.2) is 0 Å². The second-order valence-corrected chi connectivity index (χ2v) is 3.32. The van der Waals surface area contributed by atoms with Gasteiger partial charge in [0.25, 0.3) is 0 Å². The number of carboxylic acid groups (broad SMARTS) is 1. The van der Waals surface area contributed by atoms with Crippen LogP contribution in [0.2, 0.25) is 0 Å². The van der Waals surface area contributed by atoms with Crippen molar-refractivity contribution < 1.29 is 9.90 Å². The topological polar surface area (TPSA) is 37.3 Å². The van der Waals surface area contributed by atoms with Crippen LogP contribution in [0.4, 0.5) is 0 Å². The normalized spacial score (nSPS) is 9.67. The van der Waals surface area contributed by atoms with Gasteiger partial charge in [0.2, 0.25) is 0 Å². The van der Waals surface area contributed by atoms with Gasteiger partial charge >= 0.3 is 5.97 Å². The van der Waals surface area contributed by atoms with E-state index in [1.54, 1.807) is 12.1 Å². The summed E-state index contributed by atoms with van der Waals surface area (Å²) in [4.78, 5) is 10.8. The highest BCUT2D eigenvalue weighted by atomic mass is 27.0. The number of hydrogen-bond donors (Lipinski definition) is 1. The third-order valence-corrected chi connectivity index (χ3v) is 2.32. The van der Waals surface area contributed by atoms with Gasteiger partial charge in [0.05, 0.1) is 5.56 Å². The summed E-state index contributed by atoms with van der Waals surface area (Å²) < 4.78 is 0. The number of aryl methyl sites for hydroxylation is 1. The van der Waals surface area contributed by atoms with Gasteiger partial charge in [-0.25, -0.2) is 4.79 Å². The number of rotatable bonds is 1. The van der Waals surface area contributed by atoms with Crippen molar-refractivity contribution in [1.82, 2.24) is 0 Å². The molecule has 0 aromatic heterocycles. The molecule has 2 aromatic carbocycles. The van der Waals surface area contributed by atoms with Gasteiger partial charge in [0, 0.05) is 17.4 Å². The van der Waals surface area contributed by atoms with Crippen molar-refractivity contribution in [2.24, 2.45) is 0 Å². The molecule has 0 atom stereocenters. The van der Waals surface area contributed by atoms with Gasteiger partial charge in [-0.2, -0.15) is 0 Å². The fraction of sp³-hybridized carbons (Fsp3) is 0.0833. The molecule has 0 saturated heterocycles. The lowest BCUT2D eigenvalue weighted by molar-refractivity contribution is 0.0697. The maximum Gasteiger partial charge on any atom is 0.335 e. The lowest BCUT2D eigenvalue weighted by Gasteiger charge is -2.03. The van der Waals surface area contributed by atoms with Crippen molar-refractivity contribution in [1.29, 1.82) is 0 Å². The molecule has 0 amide bonds. The molecule has 0 bridgehead atoms. The largest absolute Gasteiger partial charge is 0.478 e. The van der Waals surface area contributed by atoms with Crippen LogP contribution in [0.3, 0.4) is 0 Å². The fourth-order valence-electron chi connectivity index (χ4n) is 1.63. The number of hydrogen-bond acceptors (Lipinski definition) is 1. The molecule has 2 nitrogen and oxygen atoms in total. The Balaban J connectivity index is 0.00000112. The maximum atomic E-state index is 10.8. The Kier molecular flexibility index (Phi) is 3.52. The molecule has 0 aliphatic heterocycles. The van der Waals surface area contributed by atoms with E-state index in [9.17, 15) is 4.79 Å². The van der Waals surface area contributed by atoms with Crippen LogP contribution in [0.25, 0.3) is 10.8 Å². The average Bonchev–Trinajstić information content (AvgIpc) is 2.17. The van der Waals surface area contributed by atoms with E-state index in [1.807, 2.05) is 31.2 Å². The van der Waals surface area contributed by atoms with Gasteiger partial charge < -0.3 is 5.11 Å². The third kappa shape index (κ3) is 2.20.